The van der Waals surface area contributed by atoms with Crippen molar-refractivity contribution in [1.29, 1.82) is 0 Å². The molecule has 0 aromatic heterocycles. The standard InChI is InChI=1S/C15H14O4S.C12H28N6/c16-15(17)11-20(18,19)14-8-6-13(7-9-14)10-12-4-2-1-3-5-12;1-5-13-11(14-6-2)17-9-10-18-12(15-7-3)16-8-4/h1-9H,10-11H2,(H,16,17);5-10H2,1-4H3,(H2,13,14,17)(H2,15,16,18). The summed E-state index contributed by atoms with van der Waals surface area (Å²) < 4.78 is 23.5. The summed E-state index contributed by atoms with van der Waals surface area (Å²) in [7, 11) is -3.75. The molecule has 0 fully saturated rings. The van der Waals surface area contributed by atoms with E-state index in [0.29, 0.717) is 19.5 Å². The van der Waals surface area contributed by atoms with Gasteiger partial charge in [0, 0.05) is 26.2 Å². The van der Waals surface area contributed by atoms with E-state index in [1.807, 2.05) is 30.3 Å². The van der Waals surface area contributed by atoms with Crippen LogP contribution >= 0.6 is 0 Å². The number of aliphatic imine (C=N–C) groups is 2. The molecule has 10 nitrogen and oxygen atoms in total. The highest BCUT2D eigenvalue weighted by atomic mass is 32.2. The van der Waals surface area contributed by atoms with E-state index in [2.05, 4.69) is 58.9 Å². The molecule has 0 aliphatic rings. The molecule has 0 aliphatic carbocycles. The number of rotatable bonds is 12. The number of aliphatic carboxylic acids is 1. The van der Waals surface area contributed by atoms with Gasteiger partial charge in [-0.15, -0.1) is 0 Å². The summed E-state index contributed by atoms with van der Waals surface area (Å²) in [6.45, 7) is 13.1. The molecule has 0 saturated carbocycles. The van der Waals surface area contributed by atoms with Gasteiger partial charge < -0.3 is 26.4 Å². The fourth-order valence-electron chi connectivity index (χ4n) is 3.23. The molecule has 0 saturated heterocycles. The molecule has 11 heteroatoms. The van der Waals surface area contributed by atoms with E-state index in [1.54, 1.807) is 12.1 Å². The molecule has 2 rings (SSSR count). The van der Waals surface area contributed by atoms with Crippen molar-refractivity contribution in [2.24, 2.45) is 9.98 Å². The van der Waals surface area contributed by atoms with E-state index in [1.165, 1.54) is 12.1 Å². The van der Waals surface area contributed by atoms with Crippen LogP contribution in [0.1, 0.15) is 38.8 Å². The van der Waals surface area contributed by atoms with Gasteiger partial charge in [0.15, 0.2) is 27.5 Å². The highest BCUT2D eigenvalue weighted by Gasteiger charge is 2.18. The van der Waals surface area contributed by atoms with Crippen LogP contribution in [0.25, 0.3) is 0 Å². The molecule has 0 amide bonds. The maximum atomic E-state index is 11.7. The molecule has 0 aliphatic heterocycles. The number of hydrogen-bond acceptors (Lipinski definition) is 5. The Morgan fingerprint density at radius 3 is 1.53 bits per heavy atom. The molecule has 0 atom stereocenters. The van der Waals surface area contributed by atoms with Crippen molar-refractivity contribution in [2.45, 2.75) is 39.0 Å². The molecule has 0 unspecified atom stereocenters. The second-order valence-corrected chi connectivity index (χ2v) is 10.0. The SMILES string of the molecule is CCNC(=NCCN=C(NCC)NCC)NCC.O=C(O)CS(=O)(=O)c1ccc(Cc2ccccc2)cc1. The number of carboxylic acid groups (broad SMARTS) is 1. The van der Waals surface area contributed by atoms with Gasteiger partial charge in [-0.25, -0.2) is 8.42 Å². The first-order valence-electron chi connectivity index (χ1n) is 12.9. The van der Waals surface area contributed by atoms with Crippen molar-refractivity contribution in [1.82, 2.24) is 21.3 Å². The van der Waals surface area contributed by atoms with Crippen LogP contribution < -0.4 is 21.3 Å². The van der Waals surface area contributed by atoms with Gasteiger partial charge in [-0.1, -0.05) is 42.5 Å². The van der Waals surface area contributed by atoms with Crippen LogP contribution in [-0.2, 0) is 21.1 Å². The number of carboxylic acids is 1. The lowest BCUT2D eigenvalue weighted by Crippen LogP contribution is -2.38. The Morgan fingerprint density at radius 2 is 1.13 bits per heavy atom. The zero-order valence-electron chi connectivity index (χ0n) is 22.8. The minimum atomic E-state index is -3.75. The second-order valence-electron chi connectivity index (χ2n) is 8.04. The first kappa shape index (κ1) is 32.4. The lowest BCUT2D eigenvalue weighted by Gasteiger charge is -2.10. The molecular formula is C27H42N6O4S. The number of carbonyl (C=O) groups is 1. The number of guanidine groups is 2. The van der Waals surface area contributed by atoms with Crippen molar-refractivity contribution in [2.75, 3.05) is 45.0 Å². The van der Waals surface area contributed by atoms with Gasteiger partial charge in [-0.3, -0.25) is 14.8 Å². The number of sulfone groups is 1. The smallest absolute Gasteiger partial charge is 0.319 e. The van der Waals surface area contributed by atoms with Crippen molar-refractivity contribution in [3.05, 3.63) is 65.7 Å². The summed E-state index contributed by atoms with van der Waals surface area (Å²) in [6.07, 6.45) is 0.708. The van der Waals surface area contributed by atoms with Crippen LogP contribution in [0, 0.1) is 0 Å². The fraction of sp³-hybridized carbons (Fsp3) is 0.444. The van der Waals surface area contributed by atoms with Crippen LogP contribution in [-0.4, -0.2) is 76.4 Å². The van der Waals surface area contributed by atoms with E-state index in [-0.39, 0.29) is 4.90 Å². The van der Waals surface area contributed by atoms with Crippen molar-refractivity contribution >= 4 is 27.7 Å². The second kappa shape index (κ2) is 18.6. The minimum absolute atomic E-state index is 0.0386. The van der Waals surface area contributed by atoms with Crippen molar-refractivity contribution in [3.63, 3.8) is 0 Å². The summed E-state index contributed by atoms with van der Waals surface area (Å²) in [5.74, 6) is -0.531. The Hall–Kier alpha value is -3.60. The third-order valence-corrected chi connectivity index (χ3v) is 6.48. The lowest BCUT2D eigenvalue weighted by molar-refractivity contribution is -0.134. The Kier molecular flexibility index (Phi) is 15.9. The fourth-order valence-corrected chi connectivity index (χ4v) is 4.28. The van der Waals surface area contributed by atoms with Crippen LogP contribution in [0.4, 0.5) is 0 Å². The zero-order valence-corrected chi connectivity index (χ0v) is 23.6. The predicted octanol–water partition coefficient (Wildman–Crippen LogP) is 2.27. The molecule has 38 heavy (non-hydrogen) atoms. The maximum absolute atomic E-state index is 11.7. The van der Waals surface area contributed by atoms with Crippen LogP contribution in [0.15, 0.2) is 69.5 Å². The quantitative estimate of drug-likeness (QED) is 0.155. The normalized spacial score (nSPS) is 10.3. The van der Waals surface area contributed by atoms with E-state index in [4.69, 9.17) is 5.11 Å². The molecule has 0 spiro atoms. The van der Waals surface area contributed by atoms with Crippen molar-refractivity contribution in [3.8, 4) is 0 Å². The Labute approximate surface area is 227 Å². The molecule has 5 N–H and O–H groups in total. The third-order valence-electron chi connectivity index (χ3n) is 4.86. The van der Waals surface area contributed by atoms with Gasteiger partial charge >= 0.3 is 5.97 Å². The Bertz CT molecular complexity index is 1060. The molecule has 0 bridgehead atoms. The predicted molar refractivity (Wildman–Crippen MR) is 155 cm³/mol. The van der Waals surface area contributed by atoms with E-state index < -0.39 is 21.6 Å². The maximum Gasteiger partial charge on any atom is 0.319 e. The number of nitrogens with one attached hydrogen (secondary N) is 4. The average Bonchev–Trinajstić information content (AvgIpc) is 2.88. The Balaban J connectivity index is 0.000000383. The summed E-state index contributed by atoms with van der Waals surface area (Å²) >= 11 is 0. The van der Waals surface area contributed by atoms with Crippen LogP contribution in [0.3, 0.4) is 0 Å². The topological polar surface area (TPSA) is 144 Å². The summed E-state index contributed by atoms with van der Waals surface area (Å²) in [5.41, 5.74) is 2.11. The van der Waals surface area contributed by atoms with Gasteiger partial charge in [0.2, 0.25) is 0 Å². The van der Waals surface area contributed by atoms with Gasteiger partial charge in [0.05, 0.1) is 18.0 Å². The molecule has 0 heterocycles. The molecule has 0 radical (unpaired) electrons. The van der Waals surface area contributed by atoms with E-state index in [0.717, 1.165) is 49.2 Å². The summed E-state index contributed by atoms with van der Waals surface area (Å²) in [5, 5.41) is 21.3. The average molecular weight is 547 g/mol. The van der Waals surface area contributed by atoms with Crippen molar-refractivity contribution < 1.29 is 18.3 Å². The third kappa shape index (κ3) is 13.6. The lowest BCUT2D eigenvalue weighted by atomic mass is 10.1. The summed E-state index contributed by atoms with van der Waals surface area (Å²) in [6, 6.07) is 16.1. The minimum Gasteiger partial charge on any atom is -0.480 e. The first-order chi connectivity index (χ1) is 18.2. The van der Waals surface area contributed by atoms with Gasteiger partial charge in [0.25, 0.3) is 0 Å². The number of hydrogen-bond donors (Lipinski definition) is 5. The van der Waals surface area contributed by atoms with Crippen LogP contribution in [0.2, 0.25) is 0 Å². The molecule has 210 valence electrons. The van der Waals surface area contributed by atoms with Gasteiger partial charge in [0.1, 0.15) is 0 Å². The monoisotopic (exact) mass is 546 g/mol. The van der Waals surface area contributed by atoms with E-state index in [9.17, 15) is 13.2 Å². The molecule has 2 aromatic carbocycles. The number of nitrogens with zero attached hydrogens (tertiary/aromatic N) is 2. The molecular weight excluding hydrogens is 504 g/mol. The van der Waals surface area contributed by atoms with Gasteiger partial charge in [-0.05, 0) is 57.4 Å². The van der Waals surface area contributed by atoms with Crippen LogP contribution in [0.5, 0.6) is 0 Å². The number of benzene rings is 2. The highest BCUT2D eigenvalue weighted by Crippen LogP contribution is 2.15. The van der Waals surface area contributed by atoms with Gasteiger partial charge in [-0.2, -0.15) is 0 Å². The van der Waals surface area contributed by atoms with E-state index >= 15 is 0 Å². The first-order valence-corrected chi connectivity index (χ1v) is 14.5. The zero-order chi connectivity index (χ0) is 28.2. The summed E-state index contributed by atoms with van der Waals surface area (Å²) in [4.78, 5) is 19.4. The molecule has 2 aromatic rings. The highest BCUT2D eigenvalue weighted by molar-refractivity contribution is 7.92. The Morgan fingerprint density at radius 1 is 0.711 bits per heavy atom. The largest absolute Gasteiger partial charge is 0.480 e.